The molecule has 12 aromatic rings. The Hall–Kier alpha value is -8.14. The molecule has 2 aromatic heterocycles. The first-order valence-corrected chi connectivity index (χ1v) is 20.9. The Morgan fingerprint density at radius 3 is 1.48 bits per heavy atom. The molecule has 0 aliphatic carbocycles. The predicted molar refractivity (Wildman–Crippen MR) is 258 cm³/mol. The van der Waals surface area contributed by atoms with Crippen molar-refractivity contribution in [3.8, 4) is 33.6 Å². The van der Waals surface area contributed by atoms with Gasteiger partial charge in [0, 0.05) is 50.0 Å². The molecule has 0 unspecified atom stereocenters. The van der Waals surface area contributed by atoms with Gasteiger partial charge in [0.15, 0.2) is 0 Å². The third kappa shape index (κ3) is 5.90. The Morgan fingerprint density at radius 1 is 0.246 bits per heavy atom. The van der Waals surface area contributed by atoms with Crippen LogP contribution in [0.15, 0.2) is 237 Å². The van der Waals surface area contributed by atoms with Crippen molar-refractivity contribution in [2.24, 2.45) is 0 Å². The highest BCUT2D eigenvalue weighted by atomic mass is 15.1. The van der Waals surface area contributed by atoms with Gasteiger partial charge in [-0.25, -0.2) is 0 Å². The van der Waals surface area contributed by atoms with Crippen molar-refractivity contribution < 1.29 is 0 Å². The van der Waals surface area contributed by atoms with E-state index in [2.05, 4.69) is 251 Å². The fourth-order valence-electron chi connectivity index (χ4n) is 9.44. The second kappa shape index (κ2) is 14.3. The number of nitrogens with zero attached hydrogens (tertiary/aromatic N) is 3. The Bertz CT molecular complexity index is 3540. The highest BCUT2D eigenvalue weighted by molar-refractivity contribution is 6.11. The zero-order valence-electron chi connectivity index (χ0n) is 33.4. The zero-order chi connectivity index (χ0) is 40.3. The molecule has 3 nitrogen and oxygen atoms in total. The largest absolute Gasteiger partial charge is 0.310 e. The summed E-state index contributed by atoms with van der Waals surface area (Å²) >= 11 is 0. The van der Waals surface area contributed by atoms with Gasteiger partial charge in [0.25, 0.3) is 0 Å². The summed E-state index contributed by atoms with van der Waals surface area (Å²) in [6.45, 7) is 0. The van der Waals surface area contributed by atoms with Crippen molar-refractivity contribution in [2.45, 2.75) is 0 Å². The average Bonchev–Trinajstić information content (AvgIpc) is 3.85. The second-order valence-electron chi connectivity index (χ2n) is 15.8. The van der Waals surface area contributed by atoms with Crippen molar-refractivity contribution in [3.05, 3.63) is 237 Å². The predicted octanol–water partition coefficient (Wildman–Crippen LogP) is 15.8. The topological polar surface area (TPSA) is 13.1 Å². The molecule has 61 heavy (non-hydrogen) atoms. The molecule has 286 valence electrons. The first-order chi connectivity index (χ1) is 30.2. The molecule has 0 bridgehead atoms. The van der Waals surface area contributed by atoms with Gasteiger partial charge in [-0.1, -0.05) is 158 Å². The lowest BCUT2D eigenvalue weighted by Crippen LogP contribution is -2.11. The lowest BCUT2D eigenvalue weighted by molar-refractivity contribution is 1.17. The molecule has 0 aliphatic heterocycles. The normalized spacial score (nSPS) is 11.6. The van der Waals surface area contributed by atoms with E-state index in [4.69, 9.17) is 0 Å². The summed E-state index contributed by atoms with van der Waals surface area (Å²) in [4.78, 5) is 2.43. The van der Waals surface area contributed by atoms with Gasteiger partial charge in [-0.05, 0) is 112 Å². The van der Waals surface area contributed by atoms with E-state index in [9.17, 15) is 0 Å². The fraction of sp³-hybridized carbons (Fsp3) is 0. The van der Waals surface area contributed by atoms with E-state index in [1.54, 1.807) is 0 Å². The Kier molecular flexibility index (Phi) is 8.17. The molecule has 0 saturated heterocycles. The summed E-state index contributed by atoms with van der Waals surface area (Å²) < 4.78 is 4.85. The summed E-state index contributed by atoms with van der Waals surface area (Å²) in [5.74, 6) is 0. The van der Waals surface area contributed by atoms with Crippen LogP contribution in [0.2, 0.25) is 0 Å². The Labute approximate surface area is 354 Å². The number of benzene rings is 10. The monoisotopic (exact) mass is 777 g/mol. The number of aromatic nitrogens is 2. The first kappa shape index (κ1) is 34.9. The highest BCUT2D eigenvalue weighted by Gasteiger charge is 2.20. The SMILES string of the molecule is c1ccc(-c2cccc(N(c3cc(-c4ccc5c6ccccc6n(-c6ccccc6)c5c4)cc(-n4c5ccccc5c5ccccc54)c3)c3ccc4ccccc4c3)c2)cc1. The van der Waals surface area contributed by atoms with Crippen LogP contribution in [0.3, 0.4) is 0 Å². The smallest absolute Gasteiger partial charge is 0.0547 e. The molecule has 0 N–H and O–H groups in total. The van der Waals surface area contributed by atoms with E-state index in [0.717, 1.165) is 39.6 Å². The molecule has 0 aliphatic rings. The van der Waals surface area contributed by atoms with Crippen LogP contribution >= 0.6 is 0 Å². The molecule has 0 atom stereocenters. The minimum atomic E-state index is 1.07. The van der Waals surface area contributed by atoms with Gasteiger partial charge in [0.2, 0.25) is 0 Å². The van der Waals surface area contributed by atoms with Gasteiger partial charge in [-0.2, -0.15) is 0 Å². The quantitative estimate of drug-likeness (QED) is 0.157. The van der Waals surface area contributed by atoms with Gasteiger partial charge in [0.05, 0.1) is 22.1 Å². The summed E-state index contributed by atoms with van der Waals surface area (Å²) in [6, 6.07) is 86.2. The zero-order valence-corrected chi connectivity index (χ0v) is 33.4. The van der Waals surface area contributed by atoms with Gasteiger partial charge in [0.1, 0.15) is 0 Å². The average molecular weight is 778 g/mol. The Balaban J connectivity index is 1.15. The van der Waals surface area contributed by atoms with Gasteiger partial charge in [-0.15, -0.1) is 0 Å². The minimum absolute atomic E-state index is 1.07. The molecular weight excluding hydrogens is 739 g/mol. The van der Waals surface area contributed by atoms with E-state index in [0.29, 0.717) is 0 Å². The van der Waals surface area contributed by atoms with Crippen LogP contribution in [-0.4, -0.2) is 9.13 Å². The third-order valence-corrected chi connectivity index (χ3v) is 12.2. The number of fused-ring (bicyclic) bond motifs is 7. The van der Waals surface area contributed by atoms with Gasteiger partial charge in [-0.3, -0.25) is 0 Å². The van der Waals surface area contributed by atoms with E-state index >= 15 is 0 Å². The molecule has 0 spiro atoms. The molecule has 10 aromatic carbocycles. The molecular formula is C58H39N3. The first-order valence-electron chi connectivity index (χ1n) is 20.9. The van der Waals surface area contributed by atoms with Gasteiger partial charge >= 0.3 is 0 Å². The maximum absolute atomic E-state index is 2.44. The van der Waals surface area contributed by atoms with Crippen LogP contribution in [0.25, 0.3) is 88.0 Å². The molecule has 3 heteroatoms. The second-order valence-corrected chi connectivity index (χ2v) is 15.8. The lowest BCUT2D eigenvalue weighted by atomic mass is 10.00. The van der Waals surface area contributed by atoms with Gasteiger partial charge < -0.3 is 14.0 Å². The van der Waals surface area contributed by atoms with Crippen LogP contribution in [-0.2, 0) is 0 Å². The fourth-order valence-corrected chi connectivity index (χ4v) is 9.44. The van der Waals surface area contributed by atoms with E-state index < -0.39 is 0 Å². The van der Waals surface area contributed by atoms with E-state index in [1.165, 1.54) is 65.5 Å². The molecule has 0 amide bonds. The lowest BCUT2D eigenvalue weighted by Gasteiger charge is -2.28. The minimum Gasteiger partial charge on any atom is -0.310 e. The van der Waals surface area contributed by atoms with E-state index in [1.807, 2.05) is 0 Å². The van der Waals surface area contributed by atoms with Crippen LogP contribution in [0, 0.1) is 0 Å². The third-order valence-electron chi connectivity index (χ3n) is 12.2. The van der Waals surface area contributed by atoms with Crippen molar-refractivity contribution >= 4 is 71.4 Å². The number of para-hydroxylation sites is 4. The summed E-state index contributed by atoms with van der Waals surface area (Å²) in [5, 5.41) is 7.36. The number of rotatable bonds is 7. The van der Waals surface area contributed by atoms with Crippen LogP contribution in [0.1, 0.15) is 0 Å². The molecule has 0 radical (unpaired) electrons. The Morgan fingerprint density at radius 2 is 0.770 bits per heavy atom. The van der Waals surface area contributed by atoms with Crippen molar-refractivity contribution in [2.75, 3.05) is 4.90 Å². The number of hydrogen-bond acceptors (Lipinski definition) is 1. The molecule has 0 saturated carbocycles. The molecule has 12 rings (SSSR count). The number of anilines is 3. The highest BCUT2D eigenvalue weighted by Crippen LogP contribution is 2.43. The summed E-state index contributed by atoms with van der Waals surface area (Å²) in [7, 11) is 0. The molecule has 2 heterocycles. The maximum atomic E-state index is 2.44. The van der Waals surface area contributed by atoms with Crippen molar-refractivity contribution in [1.29, 1.82) is 0 Å². The maximum Gasteiger partial charge on any atom is 0.0547 e. The van der Waals surface area contributed by atoms with Crippen LogP contribution < -0.4 is 4.90 Å². The van der Waals surface area contributed by atoms with Crippen molar-refractivity contribution in [3.63, 3.8) is 0 Å². The summed E-state index contributed by atoms with van der Waals surface area (Å²) in [6.07, 6.45) is 0. The standard InChI is InChI=1S/C58H39N3/c1-3-16-40(17-4-1)43-20-15-23-47(34-43)59(48-32-30-41-18-7-8-19-42(41)35-48)49-36-45(37-50(39-49)61-56-28-13-9-24-51(56)52-25-10-14-29-57(52)61)44-31-33-54-53-26-11-12-27-55(53)60(58(54)38-44)46-21-5-2-6-22-46/h1-39H. The molecule has 0 fully saturated rings. The number of hydrogen-bond donors (Lipinski definition) is 0. The van der Waals surface area contributed by atoms with E-state index in [-0.39, 0.29) is 0 Å². The van der Waals surface area contributed by atoms with Crippen LogP contribution in [0.5, 0.6) is 0 Å². The van der Waals surface area contributed by atoms with Crippen molar-refractivity contribution in [1.82, 2.24) is 9.13 Å². The van der Waals surface area contributed by atoms with Crippen LogP contribution in [0.4, 0.5) is 17.1 Å². The summed E-state index contributed by atoms with van der Waals surface area (Å²) in [5.41, 5.74) is 14.8.